The van der Waals surface area contributed by atoms with Crippen molar-refractivity contribution in [2.45, 2.75) is 65.0 Å². The summed E-state index contributed by atoms with van der Waals surface area (Å²) in [5.41, 5.74) is 0.254. The zero-order valence-corrected chi connectivity index (χ0v) is 20.1. The predicted molar refractivity (Wildman–Crippen MR) is 115 cm³/mol. The van der Waals surface area contributed by atoms with E-state index in [2.05, 4.69) is 25.4 Å². The van der Waals surface area contributed by atoms with Gasteiger partial charge in [0, 0.05) is 7.05 Å². The highest BCUT2D eigenvalue weighted by atomic mass is 31.1. The van der Waals surface area contributed by atoms with E-state index < -0.39 is 51.1 Å². The number of carbonyl (C=O) groups excluding carboxylic acids is 1. The molecular formula is C18H29F2N6O6P. The molecule has 0 aliphatic heterocycles. The highest BCUT2D eigenvalue weighted by Crippen LogP contribution is 2.31. The summed E-state index contributed by atoms with van der Waals surface area (Å²) in [6.07, 6.45) is -2.98. The Labute approximate surface area is 190 Å². The highest BCUT2D eigenvalue weighted by Gasteiger charge is 2.40. The van der Waals surface area contributed by atoms with E-state index in [1.54, 1.807) is 13.8 Å². The predicted octanol–water partition coefficient (Wildman–Crippen LogP) is 1.92. The number of fused-ring (bicyclic) bond motifs is 1. The van der Waals surface area contributed by atoms with Gasteiger partial charge in [0.1, 0.15) is 25.0 Å². The second-order valence-electron chi connectivity index (χ2n) is 7.52. The molecule has 0 radical (unpaired) electrons. The zero-order valence-electron chi connectivity index (χ0n) is 19.1. The first-order valence-electron chi connectivity index (χ1n) is 10.1. The summed E-state index contributed by atoms with van der Waals surface area (Å²) in [6.45, 7) is 6.34. The number of hydrogen-bond donors (Lipinski definition) is 3. The summed E-state index contributed by atoms with van der Waals surface area (Å²) < 4.78 is 57.9. The molecule has 15 heteroatoms. The van der Waals surface area contributed by atoms with Gasteiger partial charge in [0.25, 0.3) is 14.0 Å². The molecule has 2 unspecified atom stereocenters. The molecule has 2 aromatic rings. The Morgan fingerprint density at radius 1 is 1.30 bits per heavy atom. The smallest absolute Gasteiger partial charge is 0.323 e. The van der Waals surface area contributed by atoms with E-state index >= 15 is 4.39 Å². The van der Waals surface area contributed by atoms with E-state index in [1.807, 2.05) is 0 Å². The number of aliphatic hydroxyl groups excluding tert-OH is 1. The number of carbonyl (C=O) groups is 1. The van der Waals surface area contributed by atoms with Crippen molar-refractivity contribution in [3.63, 3.8) is 0 Å². The molecule has 0 aliphatic carbocycles. The normalized spacial score (nSPS) is 17.4. The van der Waals surface area contributed by atoms with Crippen LogP contribution in [0.25, 0.3) is 11.2 Å². The maximum Gasteiger partial charge on any atom is 0.323 e. The molecule has 0 saturated heterocycles. The van der Waals surface area contributed by atoms with Gasteiger partial charge in [-0.3, -0.25) is 13.9 Å². The number of alkyl halides is 1. The van der Waals surface area contributed by atoms with Crippen LogP contribution < -0.4 is 10.4 Å². The molecule has 3 N–H and O–H groups in total. The number of hydrogen-bond acceptors (Lipinski definition) is 10. The number of aliphatic hydroxyl groups is 1. The second-order valence-corrected chi connectivity index (χ2v) is 8.67. The van der Waals surface area contributed by atoms with Crippen LogP contribution in [0.4, 0.5) is 14.6 Å². The fraction of sp³-hybridized carbons (Fsp3) is 0.667. The van der Waals surface area contributed by atoms with Crippen LogP contribution in [0.5, 0.6) is 0 Å². The molecule has 0 spiro atoms. The number of ether oxygens (including phenoxy) is 2. The van der Waals surface area contributed by atoms with Crippen LogP contribution in [0.15, 0.2) is 6.33 Å². The molecule has 2 heterocycles. The summed E-state index contributed by atoms with van der Waals surface area (Å²) in [6, 6.07) is -0.965. The van der Waals surface area contributed by atoms with E-state index in [0.717, 1.165) is 6.92 Å². The third-order valence-electron chi connectivity index (χ3n) is 4.45. The third kappa shape index (κ3) is 6.87. The molecule has 0 fully saturated rings. The Morgan fingerprint density at radius 3 is 2.55 bits per heavy atom. The monoisotopic (exact) mass is 494 g/mol. The standard InChI is InChI=1S/C18H29F2N6O6P/c1-9(2)31-16(28)10(3)25-33(29)30-7-18(20,11(4)27)32-12(5)26-8-22-13-14(21-6)23-17(19)24-15(13)26/h8-12,27,33H,7H2,1-6H3,(H,25,29)(H,21,23,24)/t10-,11?,12+,18+/m0/s1. The van der Waals surface area contributed by atoms with Crippen molar-refractivity contribution in [2.75, 3.05) is 19.0 Å². The van der Waals surface area contributed by atoms with Gasteiger partial charge in [-0.2, -0.15) is 14.4 Å². The molecule has 2 aromatic heterocycles. The molecule has 0 aliphatic rings. The van der Waals surface area contributed by atoms with Gasteiger partial charge >= 0.3 is 12.0 Å². The van der Waals surface area contributed by atoms with E-state index in [1.165, 1.54) is 31.8 Å². The van der Waals surface area contributed by atoms with Crippen LogP contribution in [0.3, 0.4) is 0 Å². The molecular weight excluding hydrogens is 465 g/mol. The molecule has 2 rings (SSSR count). The number of esters is 1. The quantitative estimate of drug-likeness (QED) is 0.226. The average molecular weight is 494 g/mol. The lowest BCUT2D eigenvalue weighted by molar-refractivity contribution is -0.252. The minimum absolute atomic E-state index is 0.0287. The summed E-state index contributed by atoms with van der Waals surface area (Å²) in [7, 11) is -1.58. The minimum atomic E-state index is -3.10. The first-order chi connectivity index (χ1) is 15.4. The highest BCUT2D eigenvalue weighted by molar-refractivity contribution is 7.36. The first kappa shape index (κ1) is 27.0. The molecule has 0 bridgehead atoms. The number of aromatic nitrogens is 4. The van der Waals surface area contributed by atoms with Crippen molar-refractivity contribution in [2.24, 2.45) is 0 Å². The summed E-state index contributed by atoms with van der Waals surface area (Å²) in [5.74, 6) is -3.33. The molecule has 33 heavy (non-hydrogen) atoms. The number of anilines is 1. The maximum absolute atomic E-state index is 15.4. The van der Waals surface area contributed by atoms with Gasteiger partial charge in [-0.15, -0.1) is 0 Å². The van der Waals surface area contributed by atoms with Gasteiger partial charge in [-0.05, 0) is 34.6 Å². The molecule has 186 valence electrons. The van der Waals surface area contributed by atoms with Crippen molar-refractivity contribution >= 4 is 31.1 Å². The van der Waals surface area contributed by atoms with Gasteiger partial charge < -0.3 is 24.4 Å². The number of halogens is 2. The Balaban J connectivity index is 2.10. The molecule has 0 saturated carbocycles. The molecule has 5 atom stereocenters. The van der Waals surface area contributed by atoms with Gasteiger partial charge in [-0.1, -0.05) is 0 Å². The van der Waals surface area contributed by atoms with Crippen LogP contribution in [0, 0.1) is 6.08 Å². The SMILES string of the molecule is CNc1nc(F)nc2c1ncn2[C@@H](C)O[C@](F)(CO[PH](=O)N[C@@H](C)C(=O)OC(C)C)C(C)O. The summed E-state index contributed by atoms with van der Waals surface area (Å²) >= 11 is 0. The van der Waals surface area contributed by atoms with E-state index in [4.69, 9.17) is 14.0 Å². The zero-order chi connectivity index (χ0) is 24.9. The number of nitrogens with one attached hydrogen (secondary N) is 2. The van der Waals surface area contributed by atoms with Gasteiger partial charge in [-0.25, -0.2) is 14.5 Å². The largest absolute Gasteiger partial charge is 0.462 e. The fourth-order valence-corrected chi connectivity index (χ4v) is 3.58. The lowest BCUT2D eigenvalue weighted by atomic mass is 10.2. The van der Waals surface area contributed by atoms with Crippen LogP contribution in [0.1, 0.15) is 40.8 Å². The van der Waals surface area contributed by atoms with Crippen molar-refractivity contribution in [3.05, 3.63) is 12.4 Å². The minimum Gasteiger partial charge on any atom is -0.462 e. The summed E-state index contributed by atoms with van der Waals surface area (Å²) in [5, 5.41) is 15.0. The van der Waals surface area contributed by atoms with Crippen LogP contribution >= 0.6 is 8.18 Å². The van der Waals surface area contributed by atoms with Crippen molar-refractivity contribution in [1.29, 1.82) is 0 Å². The fourth-order valence-electron chi connectivity index (χ4n) is 2.70. The topological polar surface area (TPSA) is 150 Å². The Morgan fingerprint density at radius 2 is 1.97 bits per heavy atom. The third-order valence-corrected chi connectivity index (χ3v) is 5.53. The number of nitrogens with zero attached hydrogens (tertiary/aromatic N) is 4. The lowest BCUT2D eigenvalue weighted by Gasteiger charge is -2.31. The van der Waals surface area contributed by atoms with Gasteiger partial charge in [0.05, 0.1) is 12.4 Å². The van der Waals surface area contributed by atoms with Crippen LogP contribution in [0.2, 0.25) is 0 Å². The first-order valence-corrected chi connectivity index (χ1v) is 11.5. The van der Waals surface area contributed by atoms with Crippen LogP contribution in [-0.2, 0) is 23.4 Å². The Hall–Kier alpha value is -2.25. The Bertz CT molecular complexity index is 993. The van der Waals surface area contributed by atoms with Crippen molar-refractivity contribution in [3.8, 4) is 0 Å². The molecule has 0 aromatic carbocycles. The number of rotatable bonds is 12. The Kier molecular flexibility index (Phi) is 9.20. The molecule has 12 nitrogen and oxygen atoms in total. The van der Waals surface area contributed by atoms with Gasteiger partial charge in [0.2, 0.25) is 0 Å². The maximum atomic E-state index is 15.4. The van der Waals surface area contributed by atoms with Crippen LogP contribution in [-0.4, -0.2) is 68.4 Å². The average Bonchev–Trinajstić information content (AvgIpc) is 3.14. The van der Waals surface area contributed by atoms with E-state index in [0.29, 0.717) is 0 Å². The number of imidazole rings is 1. The lowest BCUT2D eigenvalue weighted by Crippen LogP contribution is -2.44. The second kappa shape index (κ2) is 11.3. The van der Waals surface area contributed by atoms with Crippen molar-refractivity contribution < 1.29 is 37.2 Å². The van der Waals surface area contributed by atoms with Crippen molar-refractivity contribution in [1.82, 2.24) is 24.6 Å². The molecule has 0 amide bonds. The van der Waals surface area contributed by atoms with Gasteiger partial charge in [0.15, 0.2) is 17.0 Å². The van der Waals surface area contributed by atoms with E-state index in [-0.39, 0.29) is 23.1 Å². The summed E-state index contributed by atoms with van der Waals surface area (Å²) in [4.78, 5) is 23.1. The van der Waals surface area contributed by atoms with E-state index in [9.17, 15) is 18.9 Å².